The highest BCUT2D eigenvalue weighted by atomic mass is 16.6. The fraction of sp³-hybridized carbons (Fsp3) is 0.300. The molecule has 0 saturated carbocycles. The van der Waals surface area contributed by atoms with Gasteiger partial charge in [0.15, 0.2) is 11.6 Å². The summed E-state index contributed by atoms with van der Waals surface area (Å²) in [5.74, 6) is -2.44. The summed E-state index contributed by atoms with van der Waals surface area (Å²) in [5.41, 5.74) is 0.330. The van der Waals surface area contributed by atoms with Gasteiger partial charge in [-0.25, -0.2) is 0 Å². The van der Waals surface area contributed by atoms with Crippen LogP contribution in [-0.4, -0.2) is 44.0 Å². The number of aromatic nitrogens is 1. The first-order chi connectivity index (χ1) is 14.8. The highest BCUT2D eigenvalue weighted by Crippen LogP contribution is 2.42. The molecule has 1 aromatic carbocycles. The van der Waals surface area contributed by atoms with Gasteiger partial charge in [0.05, 0.1) is 27.4 Å². The minimum atomic E-state index is -1.14. The number of rotatable bonds is 5. The Morgan fingerprint density at radius 3 is 2.45 bits per heavy atom. The van der Waals surface area contributed by atoms with Gasteiger partial charge in [-0.1, -0.05) is 12.1 Å². The van der Waals surface area contributed by atoms with Crippen molar-refractivity contribution in [3.63, 3.8) is 0 Å². The molecular weight excluding hydrogens is 404 g/mol. The van der Waals surface area contributed by atoms with Crippen LogP contribution in [0.3, 0.4) is 0 Å². The number of nitro benzene ring substituents is 1. The molecule has 11 heteroatoms. The number of nitrogens with one attached hydrogen (secondary N) is 2. The molecule has 1 aromatic heterocycles. The number of hydrogen-bond donors (Lipinski definition) is 2. The summed E-state index contributed by atoms with van der Waals surface area (Å²) in [6.45, 7) is 0.905. The van der Waals surface area contributed by atoms with Gasteiger partial charge in [0.25, 0.3) is 11.4 Å². The maximum atomic E-state index is 13.5. The Morgan fingerprint density at radius 1 is 1.16 bits per heavy atom. The number of nitro groups is 2. The molecule has 4 rings (SSSR count). The number of hydrogen-bond acceptors (Lipinski definition) is 7. The topological polar surface area (TPSA) is 147 Å². The SMILES string of the molecule is Cn1cccc1C(=O)C1C(=N)N2CCCNC2=C([N+](=O)[O-])C1c1ccc([N+](=O)[O-])cc1. The monoisotopic (exact) mass is 424 g/mol. The molecular formula is C20H20N6O5. The first-order valence-electron chi connectivity index (χ1n) is 9.69. The average molecular weight is 424 g/mol. The van der Waals surface area contributed by atoms with E-state index in [1.54, 1.807) is 29.9 Å². The van der Waals surface area contributed by atoms with Crippen LogP contribution in [0.25, 0.3) is 0 Å². The van der Waals surface area contributed by atoms with Gasteiger partial charge < -0.3 is 14.8 Å². The van der Waals surface area contributed by atoms with E-state index < -0.39 is 27.5 Å². The summed E-state index contributed by atoms with van der Waals surface area (Å²) >= 11 is 0. The second-order valence-corrected chi connectivity index (χ2v) is 7.48. The largest absolute Gasteiger partial charge is 0.366 e. The number of carbonyl (C=O) groups excluding carboxylic acids is 1. The molecule has 0 amide bonds. The third-order valence-corrected chi connectivity index (χ3v) is 5.72. The fourth-order valence-corrected chi connectivity index (χ4v) is 4.26. The number of fused-ring (bicyclic) bond motifs is 1. The van der Waals surface area contributed by atoms with Crippen molar-refractivity contribution in [2.45, 2.75) is 12.3 Å². The van der Waals surface area contributed by atoms with E-state index in [2.05, 4.69) is 5.32 Å². The van der Waals surface area contributed by atoms with E-state index >= 15 is 0 Å². The van der Waals surface area contributed by atoms with Gasteiger partial charge in [0, 0.05) is 38.5 Å². The van der Waals surface area contributed by atoms with Crippen molar-refractivity contribution in [1.29, 1.82) is 5.41 Å². The maximum absolute atomic E-state index is 13.5. The molecule has 2 N–H and O–H groups in total. The quantitative estimate of drug-likeness (QED) is 0.425. The average Bonchev–Trinajstić information content (AvgIpc) is 3.19. The highest BCUT2D eigenvalue weighted by molar-refractivity contribution is 6.12. The minimum absolute atomic E-state index is 0.0256. The maximum Gasteiger partial charge on any atom is 0.294 e. The molecule has 2 atom stereocenters. The summed E-state index contributed by atoms with van der Waals surface area (Å²) in [6.07, 6.45) is 2.36. The zero-order chi connectivity index (χ0) is 22.3. The lowest BCUT2D eigenvalue weighted by atomic mass is 9.76. The summed E-state index contributed by atoms with van der Waals surface area (Å²) < 4.78 is 1.61. The van der Waals surface area contributed by atoms with E-state index in [4.69, 9.17) is 5.41 Å². The number of benzene rings is 1. The van der Waals surface area contributed by atoms with E-state index in [0.29, 0.717) is 30.8 Å². The Hall–Kier alpha value is -4.02. The Labute approximate surface area is 176 Å². The summed E-state index contributed by atoms with van der Waals surface area (Å²) in [4.78, 5) is 37.2. The lowest BCUT2D eigenvalue weighted by Gasteiger charge is -2.41. The minimum Gasteiger partial charge on any atom is -0.366 e. The van der Waals surface area contributed by atoms with Crippen LogP contribution in [-0.2, 0) is 7.05 Å². The molecule has 11 nitrogen and oxygen atoms in total. The molecule has 2 aliphatic heterocycles. The van der Waals surface area contributed by atoms with E-state index in [-0.39, 0.29) is 23.0 Å². The van der Waals surface area contributed by atoms with Gasteiger partial charge in [-0.2, -0.15) is 0 Å². The Bertz CT molecular complexity index is 1120. The van der Waals surface area contributed by atoms with Crippen LogP contribution in [0.4, 0.5) is 5.69 Å². The molecule has 2 aromatic rings. The summed E-state index contributed by atoms with van der Waals surface area (Å²) in [6, 6.07) is 8.66. The fourth-order valence-electron chi connectivity index (χ4n) is 4.26. The number of allylic oxidation sites excluding steroid dienone is 1. The number of amidine groups is 1. The van der Waals surface area contributed by atoms with Gasteiger partial charge in [-0.05, 0) is 24.1 Å². The van der Waals surface area contributed by atoms with E-state index in [1.165, 1.54) is 29.2 Å². The molecule has 3 heterocycles. The summed E-state index contributed by atoms with van der Waals surface area (Å²) in [7, 11) is 1.69. The third kappa shape index (κ3) is 3.33. The number of carbonyl (C=O) groups is 1. The standard InChI is InChI=1S/C20H20N6O5/c1-23-10-2-4-14(23)18(27)16-15(12-5-7-13(8-6-12)25(28)29)17(26(30)31)20-22-9-3-11-24(20)19(16)21/h2,4-8,10,15-16,21-22H,3,9,11H2,1H3. The van der Waals surface area contributed by atoms with Gasteiger partial charge >= 0.3 is 0 Å². The molecule has 2 unspecified atom stereocenters. The van der Waals surface area contributed by atoms with Gasteiger partial charge in [0.1, 0.15) is 5.84 Å². The van der Waals surface area contributed by atoms with Crippen LogP contribution in [0.1, 0.15) is 28.4 Å². The molecule has 0 aliphatic carbocycles. The third-order valence-electron chi connectivity index (χ3n) is 5.72. The van der Waals surface area contributed by atoms with Crippen LogP contribution in [0.2, 0.25) is 0 Å². The van der Waals surface area contributed by atoms with Crippen molar-refractivity contribution in [3.05, 3.63) is 85.6 Å². The van der Waals surface area contributed by atoms with Crippen molar-refractivity contribution >= 4 is 17.3 Å². The normalized spacial score (nSPS) is 20.8. The van der Waals surface area contributed by atoms with Crippen molar-refractivity contribution in [2.75, 3.05) is 13.1 Å². The lowest BCUT2D eigenvalue weighted by molar-refractivity contribution is -0.434. The molecule has 31 heavy (non-hydrogen) atoms. The van der Waals surface area contributed by atoms with Gasteiger partial charge in [0.2, 0.25) is 0 Å². The van der Waals surface area contributed by atoms with Crippen LogP contribution < -0.4 is 5.32 Å². The van der Waals surface area contributed by atoms with Gasteiger partial charge in [-0.3, -0.25) is 30.4 Å². The number of ketones is 1. The number of non-ortho nitro benzene ring substituents is 1. The van der Waals surface area contributed by atoms with Crippen molar-refractivity contribution in [3.8, 4) is 0 Å². The first-order valence-corrected chi connectivity index (χ1v) is 9.69. The Morgan fingerprint density at radius 2 is 1.87 bits per heavy atom. The second kappa shape index (κ2) is 7.67. The predicted molar refractivity (Wildman–Crippen MR) is 110 cm³/mol. The highest BCUT2D eigenvalue weighted by Gasteiger charge is 2.51. The number of aryl methyl sites for hydroxylation is 1. The van der Waals surface area contributed by atoms with Crippen molar-refractivity contribution in [2.24, 2.45) is 13.0 Å². The summed E-state index contributed by atoms with van der Waals surface area (Å²) in [5, 5.41) is 35.0. The van der Waals surface area contributed by atoms with Crippen LogP contribution >= 0.6 is 0 Å². The molecule has 1 fully saturated rings. The molecule has 160 valence electrons. The Balaban J connectivity index is 1.92. The molecule has 0 spiro atoms. The predicted octanol–water partition coefficient (Wildman–Crippen LogP) is 2.25. The second-order valence-electron chi connectivity index (χ2n) is 7.48. The van der Waals surface area contributed by atoms with E-state index in [1.807, 2.05) is 0 Å². The zero-order valence-electron chi connectivity index (χ0n) is 16.6. The number of Topliss-reactive ketones (excluding diaryl/α,β-unsaturated/α-hetero) is 1. The first kappa shape index (κ1) is 20.3. The molecule has 0 radical (unpaired) electrons. The molecule has 2 aliphatic rings. The molecule has 1 saturated heterocycles. The Kier molecular flexibility index (Phi) is 5.01. The van der Waals surface area contributed by atoms with Crippen LogP contribution in [0.15, 0.2) is 54.1 Å². The van der Waals surface area contributed by atoms with E-state index in [0.717, 1.165) is 0 Å². The van der Waals surface area contributed by atoms with Crippen LogP contribution in [0.5, 0.6) is 0 Å². The van der Waals surface area contributed by atoms with Gasteiger partial charge in [-0.15, -0.1) is 0 Å². The smallest absolute Gasteiger partial charge is 0.294 e. The van der Waals surface area contributed by atoms with Crippen molar-refractivity contribution in [1.82, 2.24) is 14.8 Å². The number of nitrogens with zero attached hydrogens (tertiary/aromatic N) is 4. The zero-order valence-corrected chi connectivity index (χ0v) is 16.6. The van der Waals surface area contributed by atoms with Crippen LogP contribution in [0, 0.1) is 31.6 Å². The van der Waals surface area contributed by atoms with E-state index in [9.17, 15) is 25.0 Å². The molecule has 0 bridgehead atoms. The van der Waals surface area contributed by atoms with Crippen molar-refractivity contribution < 1.29 is 14.6 Å². The lowest BCUT2D eigenvalue weighted by Crippen LogP contribution is -2.54.